The normalized spacial score (nSPS) is 15.1. The number of hydrogen-bond donors (Lipinski definition) is 4. The zero-order valence-electron chi connectivity index (χ0n) is 23.6. The number of imide groups is 1. The average Bonchev–Trinajstić information content (AvgIpc) is 3.44. The number of carbonyl (C=O) groups excluding carboxylic acids is 2. The van der Waals surface area contributed by atoms with Crippen LogP contribution in [-0.4, -0.2) is 61.6 Å². The van der Waals surface area contributed by atoms with Crippen molar-refractivity contribution in [2.45, 2.75) is 45.5 Å². The number of nitrogens with two attached hydrogens (primary N) is 1. The van der Waals surface area contributed by atoms with Crippen LogP contribution in [0.2, 0.25) is 0 Å². The highest BCUT2D eigenvalue weighted by atomic mass is 16.5. The third kappa shape index (κ3) is 5.84. The van der Waals surface area contributed by atoms with Crippen molar-refractivity contribution >= 4 is 33.9 Å². The fourth-order valence-corrected chi connectivity index (χ4v) is 5.17. The Hall–Kier alpha value is -3.86. The Morgan fingerprint density at radius 1 is 1.00 bits per heavy atom. The van der Waals surface area contributed by atoms with Gasteiger partial charge in [0.15, 0.2) is 11.5 Å². The number of rotatable bonds is 13. The van der Waals surface area contributed by atoms with E-state index >= 15 is 0 Å². The molecule has 3 aromatic rings. The Labute approximate surface area is 234 Å². The van der Waals surface area contributed by atoms with E-state index < -0.39 is 18.0 Å². The number of aliphatic hydroxyl groups is 1. The van der Waals surface area contributed by atoms with Crippen molar-refractivity contribution < 1.29 is 28.9 Å². The number of amides is 2. The second-order valence-corrected chi connectivity index (χ2v) is 10.2. The standard InChI is InChI=1S/C30H38N4O6/c1-17(2)13-21(31)28(35)32-11-8-12-34-16-20(19-9-6-7-10-22(19)34)26-25(29(36)33-30(26)37)18-14-23(38-3)27(40-5)24(15-18)39-4/h6-7,9-10,14-17,21,28,32,35H,8,11-13,31H2,1-5H3,(H,33,36,37). The van der Waals surface area contributed by atoms with Gasteiger partial charge in [0.1, 0.15) is 6.23 Å². The highest BCUT2D eigenvalue weighted by Gasteiger charge is 2.35. The summed E-state index contributed by atoms with van der Waals surface area (Å²) in [6.07, 6.45) is 2.56. The van der Waals surface area contributed by atoms with E-state index in [1.54, 1.807) is 12.1 Å². The van der Waals surface area contributed by atoms with Gasteiger partial charge in [-0.15, -0.1) is 0 Å². The SMILES string of the molecule is COc1cc(C2=C(c3cn(CCCNC(O)C(N)CC(C)C)c4ccccc34)C(=O)NC2=O)cc(OC)c1OC. The summed E-state index contributed by atoms with van der Waals surface area (Å²) in [7, 11) is 4.49. The van der Waals surface area contributed by atoms with Gasteiger partial charge in [-0.1, -0.05) is 32.0 Å². The zero-order chi connectivity index (χ0) is 29.0. The van der Waals surface area contributed by atoms with Crippen molar-refractivity contribution in [3.05, 3.63) is 53.7 Å². The van der Waals surface area contributed by atoms with E-state index in [2.05, 4.69) is 29.0 Å². The summed E-state index contributed by atoms with van der Waals surface area (Å²) < 4.78 is 18.4. The van der Waals surface area contributed by atoms with E-state index in [9.17, 15) is 14.7 Å². The lowest BCUT2D eigenvalue weighted by atomic mass is 9.95. The molecule has 2 unspecified atom stereocenters. The van der Waals surface area contributed by atoms with E-state index in [1.807, 2.05) is 30.5 Å². The molecular formula is C30H38N4O6. The van der Waals surface area contributed by atoms with Crippen LogP contribution in [0.3, 0.4) is 0 Å². The van der Waals surface area contributed by atoms with Gasteiger partial charge in [0.05, 0.1) is 32.5 Å². The largest absolute Gasteiger partial charge is 0.493 e. The van der Waals surface area contributed by atoms with Gasteiger partial charge < -0.3 is 29.6 Å². The van der Waals surface area contributed by atoms with Crippen LogP contribution in [0.4, 0.5) is 0 Å². The van der Waals surface area contributed by atoms with Gasteiger partial charge in [0, 0.05) is 35.2 Å². The van der Waals surface area contributed by atoms with Crippen molar-refractivity contribution in [1.29, 1.82) is 0 Å². The zero-order valence-corrected chi connectivity index (χ0v) is 23.6. The third-order valence-electron chi connectivity index (χ3n) is 7.02. The molecule has 2 atom stereocenters. The van der Waals surface area contributed by atoms with Crippen LogP contribution in [0, 0.1) is 5.92 Å². The summed E-state index contributed by atoms with van der Waals surface area (Å²) in [5.41, 5.74) is 8.65. The van der Waals surface area contributed by atoms with Crippen molar-refractivity contribution in [2.75, 3.05) is 27.9 Å². The Kier molecular flexibility index (Phi) is 9.14. The van der Waals surface area contributed by atoms with Crippen LogP contribution in [0.25, 0.3) is 22.0 Å². The second-order valence-electron chi connectivity index (χ2n) is 10.2. The Bertz CT molecular complexity index is 1400. The fourth-order valence-electron chi connectivity index (χ4n) is 5.17. The molecule has 0 aliphatic carbocycles. The minimum Gasteiger partial charge on any atom is -0.493 e. The third-order valence-corrected chi connectivity index (χ3v) is 7.02. The first kappa shape index (κ1) is 29.1. The molecule has 1 aliphatic rings. The maximum Gasteiger partial charge on any atom is 0.259 e. The summed E-state index contributed by atoms with van der Waals surface area (Å²) in [4.78, 5) is 26.3. The number of ether oxygens (including phenoxy) is 3. The highest BCUT2D eigenvalue weighted by Crippen LogP contribution is 2.43. The predicted octanol–water partition coefficient (Wildman–Crippen LogP) is 2.91. The van der Waals surface area contributed by atoms with Crippen molar-refractivity contribution in [3.63, 3.8) is 0 Å². The van der Waals surface area contributed by atoms with Gasteiger partial charge in [-0.2, -0.15) is 0 Å². The number of aliphatic hydroxyl groups excluding tert-OH is 1. The number of aryl methyl sites for hydroxylation is 1. The monoisotopic (exact) mass is 550 g/mol. The van der Waals surface area contributed by atoms with Gasteiger partial charge in [0.25, 0.3) is 11.8 Å². The van der Waals surface area contributed by atoms with Crippen LogP contribution in [0.1, 0.15) is 37.8 Å². The summed E-state index contributed by atoms with van der Waals surface area (Å²) in [6, 6.07) is 10.7. The van der Waals surface area contributed by atoms with E-state index in [4.69, 9.17) is 19.9 Å². The van der Waals surface area contributed by atoms with Crippen molar-refractivity contribution in [1.82, 2.24) is 15.2 Å². The molecule has 4 rings (SSSR count). The van der Waals surface area contributed by atoms with Crippen molar-refractivity contribution in [2.24, 2.45) is 11.7 Å². The van der Waals surface area contributed by atoms with E-state index in [0.717, 1.165) is 17.3 Å². The molecule has 0 radical (unpaired) electrons. The van der Waals surface area contributed by atoms with Crippen LogP contribution in [0.15, 0.2) is 42.6 Å². The number of fused-ring (bicyclic) bond motifs is 1. The van der Waals surface area contributed by atoms with Gasteiger partial charge in [-0.05, 0) is 49.1 Å². The van der Waals surface area contributed by atoms with E-state index in [-0.39, 0.29) is 17.2 Å². The van der Waals surface area contributed by atoms with Crippen LogP contribution < -0.4 is 30.6 Å². The molecule has 0 bridgehead atoms. The van der Waals surface area contributed by atoms with Gasteiger partial charge in [0.2, 0.25) is 5.75 Å². The lowest BCUT2D eigenvalue weighted by Crippen LogP contribution is -2.46. The number of benzene rings is 2. The summed E-state index contributed by atoms with van der Waals surface area (Å²) >= 11 is 0. The minimum absolute atomic E-state index is 0.232. The number of nitrogens with zero attached hydrogens (tertiary/aromatic N) is 1. The molecule has 5 N–H and O–H groups in total. The first-order chi connectivity index (χ1) is 19.2. The summed E-state index contributed by atoms with van der Waals surface area (Å²) in [5.74, 6) is 0.570. The number of hydrogen-bond acceptors (Lipinski definition) is 8. The quantitative estimate of drug-likeness (QED) is 0.145. The number of nitrogens with one attached hydrogen (secondary N) is 2. The molecule has 10 nitrogen and oxygen atoms in total. The summed E-state index contributed by atoms with van der Waals surface area (Å²) in [5, 5.41) is 16.7. The Morgan fingerprint density at radius 3 is 2.27 bits per heavy atom. The maximum absolute atomic E-state index is 13.2. The number of para-hydroxylation sites is 1. The molecular weight excluding hydrogens is 512 g/mol. The van der Waals surface area contributed by atoms with Gasteiger partial charge in [-0.25, -0.2) is 0 Å². The summed E-state index contributed by atoms with van der Waals surface area (Å²) in [6.45, 7) is 5.33. The molecule has 214 valence electrons. The van der Waals surface area contributed by atoms with Crippen molar-refractivity contribution in [3.8, 4) is 17.2 Å². The van der Waals surface area contributed by atoms with Gasteiger partial charge in [-0.3, -0.25) is 20.2 Å². The number of aromatic nitrogens is 1. The topological polar surface area (TPSA) is 137 Å². The highest BCUT2D eigenvalue weighted by molar-refractivity contribution is 6.50. The predicted molar refractivity (Wildman–Crippen MR) is 154 cm³/mol. The molecule has 10 heteroatoms. The molecule has 1 aliphatic heterocycles. The first-order valence-electron chi connectivity index (χ1n) is 13.4. The van der Waals surface area contributed by atoms with Crippen LogP contribution >= 0.6 is 0 Å². The molecule has 2 aromatic carbocycles. The lowest BCUT2D eigenvalue weighted by molar-refractivity contribution is -0.122. The average molecular weight is 551 g/mol. The molecule has 0 fully saturated rings. The molecule has 40 heavy (non-hydrogen) atoms. The molecule has 2 heterocycles. The van der Waals surface area contributed by atoms with Crippen LogP contribution in [0.5, 0.6) is 17.2 Å². The maximum atomic E-state index is 13.2. The van der Waals surface area contributed by atoms with Gasteiger partial charge >= 0.3 is 0 Å². The molecule has 0 spiro atoms. The number of carbonyl (C=O) groups is 2. The molecule has 0 saturated heterocycles. The first-order valence-corrected chi connectivity index (χ1v) is 13.4. The minimum atomic E-state index is -0.779. The number of methoxy groups -OCH3 is 3. The van der Waals surface area contributed by atoms with Crippen LogP contribution in [-0.2, 0) is 16.1 Å². The van der Waals surface area contributed by atoms with E-state index in [0.29, 0.717) is 53.8 Å². The Morgan fingerprint density at radius 2 is 1.65 bits per heavy atom. The molecule has 0 saturated carbocycles. The molecule has 1 aromatic heterocycles. The van der Waals surface area contributed by atoms with E-state index in [1.165, 1.54) is 21.3 Å². The second kappa shape index (κ2) is 12.5. The molecule has 2 amide bonds. The Balaban J connectivity index is 1.69. The fraction of sp³-hybridized carbons (Fsp3) is 0.400. The lowest BCUT2D eigenvalue weighted by Gasteiger charge is -2.21. The smallest absolute Gasteiger partial charge is 0.259 e.